The molecule has 1 fully saturated rings. The largest absolute Gasteiger partial charge is 0.392 e. The SMILES string of the molecule is C[C@@H](O)CN1CCN(CC(=O)NCCc2ccc(F)cc2)CC1. The molecule has 1 saturated heterocycles. The van der Waals surface area contributed by atoms with E-state index in [0.717, 1.165) is 31.7 Å². The first-order valence-corrected chi connectivity index (χ1v) is 8.17. The molecule has 128 valence electrons. The Labute approximate surface area is 137 Å². The molecule has 0 unspecified atom stereocenters. The number of nitrogens with one attached hydrogen (secondary N) is 1. The maximum atomic E-state index is 12.8. The molecule has 1 aromatic rings. The highest BCUT2D eigenvalue weighted by atomic mass is 19.1. The molecule has 1 amide bonds. The van der Waals surface area contributed by atoms with Gasteiger partial charge >= 0.3 is 0 Å². The van der Waals surface area contributed by atoms with Crippen molar-refractivity contribution in [2.24, 2.45) is 0 Å². The zero-order valence-corrected chi connectivity index (χ0v) is 13.7. The molecule has 1 aliphatic rings. The lowest BCUT2D eigenvalue weighted by atomic mass is 10.1. The van der Waals surface area contributed by atoms with Gasteiger partial charge in [0.05, 0.1) is 12.6 Å². The molecule has 6 heteroatoms. The second-order valence-corrected chi connectivity index (χ2v) is 6.15. The van der Waals surface area contributed by atoms with Crippen molar-refractivity contribution in [3.05, 3.63) is 35.6 Å². The number of carbonyl (C=O) groups excluding carboxylic acids is 1. The number of halogens is 1. The van der Waals surface area contributed by atoms with Gasteiger partial charge in [0.1, 0.15) is 5.82 Å². The van der Waals surface area contributed by atoms with Crippen molar-refractivity contribution in [2.75, 3.05) is 45.8 Å². The second kappa shape index (κ2) is 8.96. The number of rotatable bonds is 7. The fourth-order valence-corrected chi connectivity index (χ4v) is 2.76. The molecule has 0 bridgehead atoms. The minimum absolute atomic E-state index is 0.0242. The summed E-state index contributed by atoms with van der Waals surface area (Å²) in [5.41, 5.74) is 1.01. The van der Waals surface area contributed by atoms with Gasteiger partial charge in [-0.3, -0.25) is 14.6 Å². The maximum absolute atomic E-state index is 12.8. The number of aliphatic hydroxyl groups excluding tert-OH is 1. The van der Waals surface area contributed by atoms with Crippen molar-refractivity contribution >= 4 is 5.91 Å². The van der Waals surface area contributed by atoms with Gasteiger partial charge in [0.25, 0.3) is 0 Å². The predicted octanol–water partition coefficient (Wildman–Crippen LogP) is 0.483. The summed E-state index contributed by atoms with van der Waals surface area (Å²) in [5.74, 6) is -0.219. The molecule has 1 aromatic carbocycles. The van der Waals surface area contributed by atoms with E-state index in [-0.39, 0.29) is 17.8 Å². The number of β-amino-alcohol motifs (C(OH)–C–C–N with tert-alkyl or cyclic N) is 1. The van der Waals surface area contributed by atoms with E-state index in [1.165, 1.54) is 12.1 Å². The van der Waals surface area contributed by atoms with Crippen LogP contribution in [0.25, 0.3) is 0 Å². The van der Waals surface area contributed by atoms with Crippen LogP contribution < -0.4 is 5.32 Å². The van der Waals surface area contributed by atoms with Gasteiger partial charge < -0.3 is 10.4 Å². The Morgan fingerprint density at radius 1 is 1.22 bits per heavy atom. The smallest absolute Gasteiger partial charge is 0.234 e. The number of aliphatic hydroxyl groups is 1. The van der Waals surface area contributed by atoms with Crippen LogP contribution in [0.3, 0.4) is 0 Å². The number of carbonyl (C=O) groups is 1. The molecule has 0 radical (unpaired) electrons. The van der Waals surface area contributed by atoms with E-state index >= 15 is 0 Å². The van der Waals surface area contributed by atoms with Crippen LogP contribution in [-0.2, 0) is 11.2 Å². The Balaban J connectivity index is 1.61. The highest BCUT2D eigenvalue weighted by Gasteiger charge is 2.19. The number of benzene rings is 1. The van der Waals surface area contributed by atoms with Crippen LogP contribution >= 0.6 is 0 Å². The number of amides is 1. The molecule has 0 aliphatic carbocycles. The number of hydrogen-bond donors (Lipinski definition) is 2. The van der Waals surface area contributed by atoms with Crippen molar-refractivity contribution in [1.29, 1.82) is 0 Å². The molecule has 0 saturated carbocycles. The third kappa shape index (κ3) is 6.64. The van der Waals surface area contributed by atoms with E-state index in [1.54, 1.807) is 19.1 Å². The Morgan fingerprint density at radius 2 is 1.83 bits per heavy atom. The molecule has 5 nitrogen and oxygen atoms in total. The van der Waals surface area contributed by atoms with E-state index < -0.39 is 0 Å². The average molecular weight is 323 g/mol. The Morgan fingerprint density at radius 3 is 2.43 bits per heavy atom. The van der Waals surface area contributed by atoms with E-state index in [2.05, 4.69) is 15.1 Å². The van der Waals surface area contributed by atoms with Crippen molar-refractivity contribution in [2.45, 2.75) is 19.4 Å². The molecule has 1 heterocycles. The Kier molecular flexibility index (Phi) is 6.95. The Hall–Kier alpha value is -1.50. The zero-order valence-electron chi connectivity index (χ0n) is 13.7. The first kappa shape index (κ1) is 17.8. The lowest BCUT2D eigenvalue weighted by Gasteiger charge is -2.34. The highest BCUT2D eigenvalue weighted by molar-refractivity contribution is 5.78. The number of hydrogen-bond acceptors (Lipinski definition) is 4. The zero-order chi connectivity index (χ0) is 16.7. The molecule has 23 heavy (non-hydrogen) atoms. The summed E-state index contributed by atoms with van der Waals surface area (Å²) >= 11 is 0. The van der Waals surface area contributed by atoms with Gasteiger partial charge in [-0.25, -0.2) is 4.39 Å². The molecule has 0 spiro atoms. The lowest BCUT2D eigenvalue weighted by Crippen LogP contribution is -2.50. The first-order chi connectivity index (χ1) is 11.0. The van der Waals surface area contributed by atoms with Crippen LogP contribution in [0.2, 0.25) is 0 Å². The maximum Gasteiger partial charge on any atom is 0.234 e. The van der Waals surface area contributed by atoms with Crippen LogP contribution in [0.4, 0.5) is 4.39 Å². The average Bonchev–Trinajstić information content (AvgIpc) is 2.51. The third-order valence-electron chi connectivity index (χ3n) is 4.00. The van der Waals surface area contributed by atoms with Crippen LogP contribution in [0.15, 0.2) is 24.3 Å². The standard InChI is InChI=1S/C17H26FN3O2/c1-14(22)12-20-8-10-21(11-9-20)13-17(23)19-7-6-15-2-4-16(18)5-3-15/h2-5,14,22H,6-13H2,1H3,(H,19,23)/t14-/m1/s1. The number of piperazine rings is 1. The molecule has 0 aromatic heterocycles. The molecular formula is C17H26FN3O2. The monoisotopic (exact) mass is 323 g/mol. The molecule has 1 atom stereocenters. The van der Waals surface area contributed by atoms with E-state index in [1.807, 2.05) is 0 Å². The van der Waals surface area contributed by atoms with Gasteiger partial charge in [-0.05, 0) is 31.0 Å². The van der Waals surface area contributed by atoms with Gasteiger partial charge in [-0.2, -0.15) is 0 Å². The minimum atomic E-state index is -0.309. The summed E-state index contributed by atoms with van der Waals surface area (Å²) in [7, 11) is 0. The molecule has 2 rings (SSSR count). The lowest BCUT2D eigenvalue weighted by molar-refractivity contribution is -0.122. The second-order valence-electron chi connectivity index (χ2n) is 6.15. The van der Waals surface area contributed by atoms with Crippen molar-refractivity contribution in [3.8, 4) is 0 Å². The Bertz CT molecular complexity index is 485. The fourth-order valence-electron chi connectivity index (χ4n) is 2.76. The van der Waals surface area contributed by atoms with Gasteiger partial charge in [0, 0.05) is 39.3 Å². The topological polar surface area (TPSA) is 55.8 Å². The van der Waals surface area contributed by atoms with E-state index in [4.69, 9.17) is 0 Å². The van der Waals surface area contributed by atoms with Gasteiger partial charge in [-0.1, -0.05) is 12.1 Å². The summed E-state index contributed by atoms with van der Waals surface area (Å²) in [4.78, 5) is 16.3. The van der Waals surface area contributed by atoms with Crippen LogP contribution in [0.1, 0.15) is 12.5 Å². The third-order valence-corrected chi connectivity index (χ3v) is 4.00. The quantitative estimate of drug-likeness (QED) is 0.766. The highest BCUT2D eigenvalue weighted by Crippen LogP contribution is 2.04. The minimum Gasteiger partial charge on any atom is -0.392 e. The molecule has 1 aliphatic heterocycles. The van der Waals surface area contributed by atoms with E-state index in [9.17, 15) is 14.3 Å². The van der Waals surface area contributed by atoms with Crippen LogP contribution in [0, 0.1) is 5.82 Å². The summed E-state index contributed by atoms with van der Waals surface area (Å²) in [6, 6.07) is 6.35. The van der Waals surface area contributed by atoms with E-state index in [0.29, 0.717) is 26.1 Å². The molecular weight excluding hydrogens is 297 g/mol. The summed E-state index contributed by atoms with van der Waals surface area (Å²) in [5, 5.41) is 12.3. The molecule has 2 N–H and O–H groups in total. The van der Waals surface area contributed by atoms with Crippen molar-refractivity contribution < 1.29 is 14.3 Å². The summed E-state index contributed by atoms with van der Waals surface area (Å²) in [6.07, 6.45) is 0.394. The first-order valence-electron chi connectivity index (χ1n) is 8.17. The number of nitrogens with zero attached hydrogens (tertiary/aromatic N) is 2. The van der Waals surface area contributed by atoms with Crippen LogP contribution in [-0.4, -0.2) is 72.7 Å². The summed E-state index contributed by atoms with van der Waals surface area (Å²) in [6.45, 7) is 6.91. The normalized spacial score (nSPS) is 17.9. The summed E-state index contributed by atoms with van der Waals surface area (Å²) < 4.78 is 12.8. The fraction of sp³-hybridized carbons (Fsp3) is 0.588. The van der Waals surface area contributed by atoms with Gasteiger partial charge in [0.2, 0.25) is 5.91 Å². The van der Waals surface area contributed by atoms with Crippen LogP contribution in [0.5, 0.6) is 0 Å². The van der Waals surface area contributed by atoms with Crippen molar-refractivity contribution in [1.82, 2.24) is 15.1 Å². The van der Waals surface area contributed by atoms with Gasteiger partial charge in [-0.15, -0.1) is 0 Å². The van der Waals surface area contributed by atoms with Gasteiger partial charge in [0.15, 0.2) is 0 Å². The predicted molar refractivity (Wildman–Crippen MR) is 87.7 cm³/mol. The van der Waals surface area contributed by atoms with Crippen molar-refractivity contribution in [3.63, 3.8) is 0 Å².